The Bertz CT molecular complexity index is 159. The first-order valence-electron chi connectivity index (χ1n) is 6.99. The van der Waals surface area contributed by atoms with Crippen LogP contribution in [0.2, 0.25) is 10.0 Å². The molecule has 0 fully saturated rings. The summed E-state index contributed by atoms with van der Waals surface area (Å²) in [7, 11) is 0. The SMILES string of the molecule is CCC[CH2][Zn][CH2]CCCCC(C)C.NC(=S)S. The number of hydrogen-bond acceptors (Lipinski definition) is 1. The fraction of sp³-hybridized carbons (Fsp3) is 0.923. The Morgan fingerprint density at radius 3 is 2.18 bits per heavy atom. The summed E-state index contributed by atoms with van der Waals surface area (Å²) in [5, 5.41) is 3.30. The Morgan fingerprint density at radius 1 is 1.18 bits per heavy atom. The molecule has 0 aliphatic heterocycles. The van der Waals surface area contributed by atoms with Crippen molar-refractivity contribution in [2.24, 2.45) is 11.7 Å². The largest absolute Gasteiger partial charge is 0.385 e. The van der Waals surface area contributed by atoms with Crippen molar-refractivity contribution in [2.45, 2.75) is 69.3 Å². The van der Waals surface area contributed by atoms with Crippen LogP contribution in [0.1, 0.15) is 59.3 Å². The summed E-state index contributed by atoms with van der Waals surface area (Å²) in [6.07, 6.45) is 8.92. The minimum Gasteiger partial charge on any atom is -0.385 e. The van der Waals surface area contributed by atoms with Crippen LogP contribution >= 0.6 is 24.8 Å². The van der Waals surface area contributed by atoms with E-state index in [0.29, 0.717) is 0 Å². The molecule has 0 aromatic carbocycles. The zero-order chi connectivity index (χ0) is 13.5. The summed E-state index contributed by atoms with van der Waals surface area (Å²) in [5.41, 5.74) is 4.71. The zero-order valence-electron chi connectivity index (χ0n) is 11.9. The normalized spacial score (nSPS) is 9.47. The first-order chi connectivity index (χ1) is 8.00. The average Bonchev–Trinajstić information content (AvgIpc) is 2.21. The molecule has 0 rings (SSSR count). The van der Waals surface area contributed by atoms with E-state index in [1.165, 1.54) is 32.1 Å². The van der Waals surface area contributed by atoms with E-state index < -0.39 is 0 Å². The van der Waals surface area contributed by atoms with Crippen molar-refractivity contribution in [2.75, 3.05) is 0 Å². The monoisotopic (exact) mass is 327 g/mol. The molecule has 0 amide bonds. The molecule has 4 heteroatoms. The van der Waals surface area contributed by atoms with Crippen molar-refractivity contribution in [3.63, 3.8) is 0 Å². The second kappa shape index (κ2) is 16.9. The quantitative estimate of drug-likeness (QED) is 0.267. The van der Waals surface area contributed by atoms with Gasteiger partial charge in [-0.2, -0.15) is 0 Å². The standard InChI is InChI=1S/C8H17.C4H9.CH3NS2.Zn/c1-4-5-6-7-8(2)3;1-3-4-2;2-1(3)4;/h8H,1,4-7H2,2-3H3;1,3-4H2,2H3;(H3,2,3,4);. The van der Waals surface area contributed by atoms with Crippen molar-refractivity contribution in [3.05, 3.63) is 0 Å². The maximum atomic E-state index is 4.71. The molecule has 0 spiro atoms. The molecule has 0 atom stereocenters. The van der Waals surface area contributed by atoms with Crippen molar-refractivity contribution < 1.29 is 17.1 Å². The van der Waals surface area contributed by atoms with Gasteiger partial charge in [-0.05, 0) is 0 Å². The summed E-state index contributed by atoms with van der Waals surface area (Å²) in [6.45, 7) is 6.98. The first kappa shape index (κ1) is 20.2. The molecular formula is C13H29NS2Zn. The molecule has 0 heterocycles. The van der Waals surface area contributed by atoms with Gasteiger partial charge in [-0.1, -0.05) is 12.2 Å². The van der Waals surface area contributed by atoms with Crippen LogP contribution in [0.25, 0.3) is 0 Å². The van der Waals surface area contributed by atoms with Gasteiger partial charge >= 0.3 is 92.4 Å². The second-order valence-electron chi connectivity index (χ2n) is 5.00. The van der Waals surface area contributed by atoms with Crippen LogP contribution in [0, 0.1) is 5.92 Å². The van der Waals surface area contributed by atoms with Gasteiger partial charge in [0.2, 0.25) is 0 Å². The Morgan fingerprint density at radius 2 is 1.71 bits per heavy atom. The van der Waals surface area contributed by atoms with Crippen LogP contribution in [0.15, 0.2) is 0 Å². The fourth-order valence-corrected chi connectivity index (χ4v) is 5.70. The molecule has 0 saturated heterocycles. The van der Waals surface area contributed by atoms with Crippen LogP contribution in [0.4, 0.5) is 0 Å². The predicted molar refractivity (Wildman–Crippen MR) is 83.6 cm³/mol. The van der Waals surface area contributed by atoms with Gasteiger partial charge in [0, 0.05) is 0 Å². The Hall–Kier alpha value is 0.863. The van der Waals surface area contributed by atoms with Gasteiger partial charge in [0.15, 0.2) is 0 Å². The third kappa shape index (κ3) is 31.6. The third-order valence-corrected chi connectivity index (χ3v) is 6.83. The molecule has 0 aliphatic rings. The number of nitrogens with two attached hydrogens (primary N) is 1. The molecule has 0 radical (unpaired) electrons. The second-order valence-corrected chi connectivity index (χ2v) is 10.7. The van der Waals surface area contributed by atoms with Crippen LogP contribution in [-0.2, 0) is 17.1 Å². The molecule has 17 heavy (non-hydrogen) atoms. The van der Waals surface area contributed by atoms with Crippen molar-refractivity contribution in [1.29, 1.82) is 0 Å². The maximum Gasteiger partial charge on any atom is 0.128 e. The average molecular weight is 329 g/mol. The molecule has 0 aromatic rings. The van der Waals surface area contributed by atoms with Crippen molar-refractivity contribution in [1.82, 2.24) is 0 Å². The molecule has 0 aromatic heterocycles. The number of hydrogen-bond donors (Lipinski definition) is 2. The van der Waals surface area contributed by atoms with Gasteiger partial charge in [0.25, 0.3) is 0 Å². The van der Waals surface area contributed by atoms with E-state index in [1.54, 1.807) is 16.5 Å². The summed E-state index contributed by atoms with van der Waals surface area (Å²) in [4.78, 5) is 0. The summed E-state index contributed by atoms with van der Waals surface area (Å²) < 4.78 is 0.194. The van der Waals surface area contributed by atoms with E-state index in [1.807, 2.05) is 0 Å². The minimum atomic E-state index is -0.0372. The predicted octanol–water partition coefficient (Wildman–Crippen LogP) is 5.08. The number of rotatable bonds is 9. The molecule has 100 valence electrons. The van der Waals surface area contributed by atoms with E-state index in [-0.39, 0.29) is 21.4 Å². The van der Waals surface area contributed by atoms with Crippen LogP contribution in [0.5, 0.6) is 0 Å². The topological polar surface area (TPSA) is 26.0 Å². The Balaban J connectivity index is 0. The summed E-state index contributed by atoms with van der Waals surface area (Å²) in [5.74, 6) is 0.918. The summed E-state index contributed by atoms with van der Waals surface area (Å²) >= 11 is 7.62. The minimum absolute atomic E-state index is 0.0372. The van der Waals surface area contributed by atoms with Crippen LogP contribution < -0.4 is 5.73 Å². The molecular weight excluding hydrogens is 300 g/mol. The van der Waals surface area contributed by atoms with Gasteiger partial charge in [-0.3, -0.25) is 0 Å². The molecule has 0 bridgehead atoms. The fourth-order valence-electron chi connectivity index (χ4n) is 1.69. The molecule has 0 saturated carbocycles. The molecule has 0 aliphatic carbocycles. The van der Waals surface area contributed by atoms with E-state index >= 15 is 0 Å². The number of thiocarbonyl (C=S) groups is 1. The number of thiol groups is 1. The van der Waals surface area contributed by atoms with Gasteiger partial charge in [-0.25, -0.2) is 0 Å². The van der Waals surface area contributed by atoms with E-state index in [2.05, 4.69) is 45.6 Å². The van der Waals surface area contributed by atoms with Gasteiger partial charge in [-0.15, -0.1) is 12.6 Å². The van der Waals surface area contributed by atoms with Gasteiger partial charge in [0.1, 0.15) is 4.32 Å². The Labute approximate surface area is 127 Å². The Kier molecular flexibility index (Phi) is 20.0. The van der Waals surface area contributed by atoms with Crippen molar-refractivity contribution in [3.8, 4) is 0 Å². The van der Waals surface area contributed by atoms with Crippen LogP contribution in [-0.4, -0.2) is 4.32 Å². The first-order valence-corrected chi connectivity index (χ1v) is 12.0. The molecule has 0 unspecified atom stereocenters. The molecule has 2 N–H and O–H groups in total. The smallest absolute Gasteiger partial charge is 0.128 e. The maximum absolute atomic E-state index is 4.71. The van der Waals surface area contributed by atoms with E-state index in [4.69, 9.17) is 5.73 Å². The van der Waals surface area contributed by atoms with Gasteiger partial charge in [0.05, 0.1) is 0 Å². The molecule has 1 nitrogen and oxygen atoms in total. The summed E-state index contributed by atoms with van der Waals surface area (Å²) in [6, 6.07) is 0. The van der Waals surface area contributed by atoms with E-state index in [9.17, 15) is 0 Å². The van der Waals surface area contributed by atoms with Gasteiger partial charge < -0.3 is 5.73 Å². The number of unbranched alkanes of at least 4 members (excludes halogenated alkanes) is 3. The van der Waals surface area contributed by atoms with E-state index in [0.717, 1.165) is 5.92 Å². The third-order valence-electron chi connectivity index (χ3n) is 2.64. The van der Waals surface area contributed by atoms with Crippen molar-refractivity contribution >= 4 is 29.2 Å². The van der Waals surface area contributed by atoms with Crippen LogP contribution in [0.3, 0.4) is 0 Å². The zero-order valence-corrected chi connectivity index (χ0v) is 16.6.